The van der Waals surface area contributed by atoms with E-state index in [9.17, 15) is 14.4 Å². The van der Waals surface area contributed by atoms with Crippen LogP contribution < -0.4 is 14.8 Å². The summed E-state index contributed by atoms with van der Waals surface area (Å²) >= 11 is 18.3. The van der Waals surface area contributed by atoms with Crippen molar-refractivity contribution in [2.75, 3.05) is 11.9 Å². The number of carbonyl (C=O) groups excluding carboxylic acids is 1. The highest BCUT2D eigenvalue weighted by atomic mass is 35.5. The third kappa shape index (κ3) is 6.64. The number of hydrogen-bond acceptors (Lipinski definition) is 4. The molecule has 3 aromatic carbocycles. The third-order valence-corrected chi connectivity index (χ3v) is 5.50. The van der Waals surface area contributed by atoms with E-state index in [1.807, 2.05) is 6.07 Å². The van der Waals surface area contributed by atoms with Crippen molar-refractivity contribution in [1.82, 2.24) is 0 Å². The normalized spacial score (nSPS) is 11.0. The maximum absolute atomic E-state index is 13.1. The van der Waals surface area contributed by atoms with Crippen LogP contribution in [0.2, 0.25) is 15.1 Å². The minimum atomic E-state index is -0.633. The maximum atomic E-state index is 13.1. The van der Waals surface area contributed by atoms with Gasteiger partial charge >= 0.3 is 0 Å². The van der Waals surface area contributed by atoms with Crippen molar-refractivity contribution in [1.29, 1.82) is 5.26 Å². The highest BCUT2D eigenvalue weighted by Crippen LogP contribution is 2.38. The molecular formula is C25H18Cl3FN2O3. The second-order valence-corrected chi connectivity index (χ2v) is 8.15. The van der Waals surface area contributed by atoms with E-state index in [4.69, 9.17) is 44.3 Å². The molecule has 5 nitrogen and oxygen atoms in total. The Kier molecular flexibility index (Phi) is 8.78. The summed E-state index contributed by atoms with van der Waals surface area (Å²) in [6, 6.07) is 15.5. The van der Waals surface area contributed by atoms with Gasteiger partial charge in [-0.05, 0) is 66.6 Å². The van der Waals surface area contributed by atoms with Crippen molar-refractivity contribution < 1.29 is 18.7 Å². The predicted molar refractivity (Wildman–Crippen MR) is 132 cm³/mol. The molecule has 0 aliphatic rings. The number of ether oxygens (including phenoxy) is 2. The van der Waals surface area contributed by atoms with Crippen LogP contribution in [0.5, 0.6) is 11.5 Å². The van der Waals surface area contributed by atoms with E-state index in [1.54, 1.807) is 37.3 Å². The topological polar surface area (TPSA) is 71.3 Å². The number of nitriles is 1. The van der Waals surface area contributed by atoms with E-state index in [2.05, 4.69) is 5.32 Å². The second-order valence-electron chi connectivity index (χ2n) is 6.93. The van der Waals surface area contributed by atoms with Crippen LogP contribution in [0.1, 0.15) is 18.1 Å². The molecule has 0 bridgehead atoms. The van der Waals surface area contributed by atoms with Gasteiger partial charge < -0.3 is 14.8 Å². The summed E-state index contributed by atoms with van der Waals surface area (Å²) in [5, 5.41) is 13.0. The molecule has 0 saturated heterocycles. The molecule has 3 rings (SSSR count). The maximum Gasteiger partial charge on any atom is 0.266 e. The number of nitrogens with one attached hydrogen (secondary N) is 1. The van der Waals surface area contributed by atoms with Crippen molar-refractivity contribution in [3.05, 3.63) is 92.2 Å². The van der Waals surface area contributed by atoms with E-state index in [-0.39, 0.29) is 28.0 Å². The van der Waals surface area contributed by atoms with Crippen LogP contribution in [-0.4, -0.2) is 12.5 Å². The summed E-state index contributed by atoms with van der Waals surface area (Å²) in [5.41, 5.74) is 1.43. The summed E-state index contributed by atoms with van der Waals surface area (Å²) < 4.78 is 24.6. The molecule has 0 unspecified atom stereocenters. The molecule has 0 saturated carbocycles. The first-order valence-corrected chi connectivity index (χ1v) is 11.2. The van der Waals surface area contributed by atoms with Gasteiger partial charge in [-0.2, -0.15) is 5.26 Å². The first-order valence-electron chi connectivity index (χ1n) is 10.0. The Bertz CT molecular complexity index is 1270. The third-order valence-electron chi connectivity index (χ3n) is 4.48. The lowest BCUT2D eigenvalue weighted by molar-refractivity contribution is -0.112. The molecule has 0 atom stereocenters. The van der Waals surface area contributed by atoms with E-state index in [0.717, 1.165) is 5.56 Å². The van der Waals surface area contributed by atoms with Gasteiger partial charge in [0.2, 0.25) is 0 Å². The summed E-state index contributed by atoms with van der Waals surface area (Å²) in [6.07, 6.45) is 1.38. The molecule has 0 spiro atoms. The van der Waals surface area contributed by atoms with E-state index in [0.29, 0.717) is 34.4 Å². The van der Waals surface area contributed by atoms with Crippen molar-refractivity contribution in [2.24, 2.45) is 0 Å². The lowest BCUT2D eigenvalue weighted by Gasteiger charge is -2.15. The summed E-state index contributed by atoms with van der Waals surface area (Å²) in [4.78, 5) is 12.6. The zero-order valence-corrected chi connectivity index (χ0v) is 20.1. The fourth-order valence-electron chi connectivity index (χ4n) is 2.90. The number of carbonyl (C=O) groups is 1. The highest BCUT2D eigenvalue weighted by Gasteiger charge is 2.15. The number of amides is 1. The Morgan fingerprint density at radius 3 is 2.41 bits per heavy atom. The number of benzene rings is 3. The van der Waals surface area contributed by atoms with Gasteiger partial charge in [0.05, 0.1) is 21.7 Å². The zero-order chi connectivity index (χ0) is 24.7. The number of hydrogen-bond donors (Lipinski definition) is 1. The van der Waals surface area contributed by atoms with Crippen molar-refractivity contribution in [3.63, 3.8) is 0 Å². The van der Waals surface area contributed by atoms with Crippen LogP contribution in [-0.2, 0) is 11.4 Å². The van der Waals surface area contributed by atoms with E-state index < -0.39 is 5.91 Å². The Labute approximate surface area is 211 Å². The highest BCUT2D eigenvalue weighted by molar-refractivity contribution is 6.42. The van der Waals surface area contributed by atoms with Gasteiger partial charge in [-0.1, -0.05) is 46.9 Å². The van der Waals surface area contributed by atoms with E-state index in [1.165, 1.54) is 30.3 Å². The summed E-state index contributed by atoms with van der Waals surface area (Å²) in [5.74, 6) is -0.342. The number of rotatable bonds is 8. The molecule has 0 radical (unpaired) electrons. The molecule has 0 aliphatic carbocycles. The van der Waals surface area contributed by atoms with Gasteiger partial charge in [0.1, 0.15) is 24.1 Å². The average molecular weight is 520 g/mol. The Hall–Kier alpha value is -3.24. The van der Waals surface area contributed by atoms with Crippen molar-refractivity contribution >= 4 is 52.5 Å². The van der Waals surface area contributed by atoms with Crippen LogP contribution in [0.3, 0.4) is 0 Å². The molecule has 0 aliphatic heterocycles. The molecular weight excluding hydrogens is 502 g/mol. The molecule has 3 aromatic rings. The molecule has 0 aromatic heterocycles. The number of nitrogens with zero attached hydrogens (tertiary/aromatic N) is 1. The Balaban J connectivity index is 1.84. The van der Waals surface area contributed by atoms with Crippen LogP contribution >= 0.6 is 34.8 Å². The molecule has 34 heavy (non-hydrogen) atoms. The van der Waals surface area contributed by atoms with Gasteiger partial charge in [0, 0.05) is 5.69 Å². The van der Waals surface area contributed by atoms with Gasteiger partial charge in [0.25, 0.3) is 5.91 Å². The fourth-order valence-corrected chi connectivity index (χ4v) is 3.47. The van der Waals surface area contributed by atoms with Crippen molar-refractivity contribution in [2.45, 2.75) is 13.5 Å². The number of halogens is 4. The van der Waals surface area contributed by atoms with Crippen LogP contribution in [0.25, 0.3) is 6.08 Å². The van der Waals surface area contributed by atoms with Gasteiger partial charge in [-0.15, -0.1) is 0 Å². The van der Waals surface area contributed by atoms with E-state index >= 15 is 0 Å². The minimum Gasteiger partial charge on any atom is -0.490 e. The van der Waals surface area contributed by atoms with Crippen LogP contribution in [0, 0.1) is 17.1 Å². The molecule has 9 heteroatoms. The summed E-state index contributed by atoms with van der Waals surface area (Å²) in [7, 11) is 0. The average Bonchev–Trinajstić information content (AvgIpc) is 2.80. The van der Waals surface area contributed by atoms with Crippen LogP contribution in [0.4, 0.5) is 10.1 Å². The lowest BCUT2D eigenvalue weighted by Crippen LogP contribution is -2.13. The molecule has 0 heterocycles. The first-order chi connectivity index (χ1) is 16.3. The molecule has 0 fully saturated rings. The Morgan fingerprint density at radius 2 is 1.76 bits per heavy atom. The quantitative estimate of drug-likeness (QED) is 0.250. The number of anilines is 1. The second kappa shape index (κ2) is 11.8. The molecule has 1 amide bonds. The minimum absolute atomic E-state index is 0.144. The Morgan fingerprint density at radius 1 is 1.03 bits per heavy atom. The van der Waals surface area contributed by atoms with Gasteiger partial charge in [0.15, 0.2) is 11.5 Å². The van der Waals surface area contributed by atoms with Gasteiger partial charge in [-0.3, -0.25) is 4.79 Å². The zero-order valence-electron chi connectivity index (χ0n) is 17.9. The van der Waals surface area contributed by atoms with Gasteiger partial charge in [-0.25, -0.2) is 4.39 Å². The SMILES string of the molecule is CCOc1cc(/C=C(\C#N)C(=O)Nc2ccc(Cl)c(Cl)c2)cc(Cl)c1OCc1ccc(F)cc1. The fraction of sp³-hybridized carbons (Fsp3) is 0.120. The smallest absolute Gasteiger partial charge is 0.266 e. The first kappa shape index (κ1) is 25.4. The monoisotopic (exact) mass is 518 g/mol. The van der Waals surface area contributed by atoms with Crippen molar-refractivity contribution in [3.8, 4) is 17.6 Å². The summed E-state index contributed by atoms with van der Waals surface area (Å²) in [6.45, 7) is 2.27. The largest absolute Gasteiger partial charge is 0.490 e. The van der Waals surface area contributed by atoms with Crippen LogP contribution in [0.15, 0.2) is 60.2 Å². The lowest BCUT2D eigenvalue weighted by atomic mass is 10.1. The standard InChI is InChI=1S/C25H18Cl3FN2O3/c1-2-33-23-11-16(10-22(28)24(23)34-14-15-3-5-18(29)6-4-15)9-17(13-30)25(32)31-19-7-8-20(26)21(27)12-19/h3-12H,2,14H2,1H3,(H,31,32)/b17-9+. The molecule has 174 valence electrons. The predicted octanol–water partition coefficient (Wildman–Crippen LogP) is 7.31. The molecule has 1 N–H and O–H groups in total.